The zero-order valence-corrected chi connectivity index (χ0v) is 17.4. The quantitative estimate of drug-likeness (QED) is 0.525. The maximum atomic E-state index is 13.9. The summed E-state index contributed by atoms with van der Waals surface area (Å²) in [6.07, 6.45) is -4.43. The minimum Gasteiger partial charge on any atom is -0.494 e. The van der Waals surface area contributed by atoms with E-state index < -0.39 is 11.7 Å². The van der Waals surface area contributed by atoms with Crippen LogP contribution in [0.5, 0.6) is 5.75 Å². The zero-order chi connectivity index (χ0) is 22.7. The summed E-state index contributed by atoms with van der Waals surface area (Å²) in [5.74, 6) is 0.327. The van der Waals surface area contributed by atoms with Gasteiger partial charge in [0, 0.05) is 38.3 Å². The van der Waals surface area contributed by atoms with E-state index in [-0.39, 0.29) is 23.0 Å². The molecule has 1 aliphatic rings. The third kappa shape index (κ3) is 5.25. The van der Waals surface area contributed by atoms with Crippen LogP contribution < -0.4 is 4.74 Å². The monoisotopic (exact) mass is 450 g/mol. The molecule has 0 saturated carbocycles. The topological polar surface area (TPSA) is 54.6 Å². The van der Waals surface area contributed by atoms with E-state index in [1.807, 2.05) is 6.07 Å². The Morgan fingerprint density at radius 1 is 1.00 bits per heavy atom. The van der Waals surface area contributed by atoms with Crippen LogP contribution in [0.25, 0.3) is 11.4 Å². The van der Waals surface area contributed by atoms with Gasteiger partial charge in [-0.15, -0.1) is 0 Å². The molecule has 3 aromatic rings. The normalized spacial score (nSPS) is 15.8. The predicted octanol–water partition coefficient (Wildman–Crippen LogP) is 4.22. The van der Waals surface area contributed by atoms with Crippen LogP contribution in [0.15, 0.2) is 47.0 Å². The van der Waals surface area contributed by atoms with Crippen LogP contribution in [0.4, 0.5) is 17.6 Å². The molecule has 0 unspecified atom stereocenters. The van der Waals surface area contributed by atoms with E-state index in [0.29, 0.717) is 19.0 Å². The van der Waals surface area contributed by atoms with Gasteiger partial charge < -0.3 is 9.26 Å². The SMILES string of the molecule is COc1ccc(CN2CCN(Cc3nc(-c4cccc(C(F)(F)F)c4)no3)CC2)cc1F. The molecule has 0 aliphatic carbocycles. The van der Waals surface area contributed by atoms with Gasteiger partial charge in [-0.3, -0.25) is 9.80 Å². The van der Waals surface area contributed by atoms with E-state index in [2.05, 4.69) is 19.9 Å². The number of aromatic nitrogens is 2. The maximum Gasteiger partial charge on any atom is 0.416 e. The van der Waals surface area contributed by atoms with Crippen LogP contribution >= 0.6 is 0 Å². The lowest BCUT2D eigenvalue weighted by Gasteiger charge is -2.33. The number of rotatable bonds is 6. The molecule has 1 aliphatic heterocycles. The Morgan fingerprint density at radius 3 is 2.38 bits per heavy atom. The Hall–Kier alpha value is -2.98. The maximum absolute atomic E-state index is 13.9. The minimum absolute atomic E-state index is 0.131. The summed E-state index contributed by atoms with van der Waals surface area (Å²) in [4.78, 5) is 8.61. The van der Waals surface area contributed by atoms with Crippen molar-refractivity contribution in [2.24, 2.45) is 0 Å². The van der Waals surface area contributed by atoms with Gasteiger partial charge in [-0.1, -0.05) is 23.4 Å². The lowest BCUT2D eigenvalue weighted by Crippen LogP contribution is -2.45. The third-order valence-electron chi connectivity index (χ3n) is 5.36. The average molecular weight is 450 g/mol. The summed E-state index contributed by atoms with van der Waals surface area (Å²) in [5, 5.41) is 3.83. The zero-order valence-electron chi connectivity index (χ0n) is 17.4. The molecule has 32 heavy (non-hydrogen) atoms. The molecule has 0 atom stereocenters. The summed E-state index contributed by atoms with van der Waals surface area (Å²) in [6, 6.07) is 9.81. The molecule has 1 fully saturated rings. The van der Waals surface area contributed by atoms with Crippen molar-refractivity contribution in [3.8, 4) is 17.1 Å². The Kier molecular flexibility index (Phi) is 6.43. The van der Waals surface area contributed by atoms with E-state index in [9.17, 15) is 17.6 Å². The van der Waals surface area contributed by atoms with Gasteiger partial charge in [0.15, 0.2) is 11.6 Å². The number of piperazine rings is 1. The first-order chi connectivity index (χ1) is 15.3. The number of halogens is 4. The van der Waals surface area contributed by atoms with E-state index in [1.54, 1.807) is 6.07 Å². The van der Waals surface area contributed by atoms with Gasteiger partial charge in [0.05, 0.1) is 19.2 Å². The van der Waals surface area contributed by atoms with Crippen LogP contribution in [0.1, 0.15) is 17.0 Å². The van der Waals surface area contributed by atoms with E-state index >= 15 is 0 Å². The molecule has 2 aromatic carbocycles. The largest absolute Gasteiger partial charge is 0.494 e. The Bertz CT molecular complexity index is 1060. The molecule has 6 nitrogen and oxygen atoms in total. The van der Waals surface area contributed by atoms with E-state index in [1.165, 1.54) is 25.3 Å². The van der Waals surface area contributed by atoms with Crippen molar-refractivity contribution < 1.29 is 26.8 Å². The van der Waals surface area contributed by atoms with E-state index in [4.69, 9.17) is 9.26 Å². The predicted molar refractivity (Wildman–Crippen MR) is 108 cm³/mol. The number of benzene rings is 2. The number of hydrogen-bond donors (Lipinski definition) is 0. The molecule has 0 radical (unpaired) electrons. The van der Waals surface area contributed by atoms with Crippen molar-refractivity contribution in [1.82, 2.24) is 19.9 Å². The smallest absolute Gasteiger partial charge is 0.416 e. The Morgan fingerprint density at radius 2 is 1.72 bits per heavy atom. The van der Waals surface area contributed by atoms with Gasteiger partial charge in [0.25, 0.3) is 0 Å². The van der Waals surface area contributed by atoms with Crippen LogP contribution in [0, 0.1) is 5.82 Å². The second kappa shape index (κ2) is 9.25. The fraction of sp³-hybridized carbons (Fsp3) is 0.364. The van der Waals surface area contributed by atoms with Gasteiger partial charge >= 0.3 is 6.18 Å². The Balaban J connectivity index is 1.31. The van der Waals surface area contributed by atoms with Crippen molar-refractivity contribution in [1.29, 1.82) is 0 Å². The van der Waals surface area contributed by atoms with Crippen LogP contribution in [0.2, 0.25) is 0 Å². The molecule has 2 heterocycles. The van der Waals surface area contributed by atoms with Crippen LogP contribution in [-0.4, -0.2) is 53.2 Å². The molecule has 10 heteroatoms. The van der Waals surface area contributed by atoms with Gasteiger partial charge in [0.1, 0.15) is 0 Å². The first kappa shape index (κ1) is 22.2. The van der Waals surface area contributed by atoms with Crippen molar-refractivity contribution >= 4 is 0 Å². The van der Waals surface area contributed by atoms with Gasteiger partial charge in [-0.2, -0.15) is 18.2 Å². The fourth-order valence-electron chi connectivity index (χ4n) is 3.63. The number of hydrogen-bond acceptors (Lipinski definition) is 6. The lowest BCUT2D eigenvalue weighted by atomic mass is 10.1. The summed E-state index contributed by atoms with van der Waals surface area (Å²) in [6.45, 7) is 4.11. The van der Waals surface area contributed by atoms with Crippen LogP contribution in [0.3, 0.4) is 0 Å². The highest BCUT2D eigenvalue weighted by molar-refractivity contribution is 5.55. The summed E-state index contributed by atoms with van der Waals surface area (Å²) < 4.78 is 62.8. The molecular formula is C22H22F4N4O2. The highest BCUT2D eigenvalue weighted by atomic mass is 19.4. The highest BCUT2D eigenvalue weighted by Crippen LogP contribution is 2.31. The second-order valence-corrected chi connectivity index (χ2v) is 7.61. The van der Waals surface area contributed by atoms with Crippen molar-refractivity contribution in [3.63, 3.8) is 0 Å². The molecule has 0 amide bonds. The summed E-state index contributed by atoms with van der Waals surface area (Å²) >= 11 is 0. The number of alkyl halides is 3. The minimum atomic E-state index is -4.43. The first-order valence-corrected chi connectivity index (χ1v) is 10.1. The standard InChI is InChI=1S/C22H22F4N4O2/c1-31-19-6-5-15(11-18(19)23)13-29-7-9-30(10-8-29)14-20-27-21(28-32-20)16-3-2-4-17(12-16)22(24,25)26/h2-6,11-12H,7-10,13-14H2,1H3. The highest BCUT2D eigenvalue weighted by Gasteiger charge is 2.31. The van der Waals surface area contributed by atoms with Gasteiger partial charge in [0.2, 0.25) is 11.7 Å². The van der Waals surface area contributed by atoms with Crippen molar-refractivity contribution in [3.05, 3.63) is 65.3 Å². The summed E-state index contributed by atoms with van der Waals surface area (Å²) in [5.41, 5.74) is 0.375. The lowest BCUT2D eigenvalue weighted by molar-refractivity contribution is -0.137. The number of nitrogens with zero attached hydrogens (tertiary/aromatic N) is 4. The van der Waals surface area contributed by atoms with Crippen molar-refractivity contribution in [2.75, 3.05) is 33.3 Å². The first-order valence-electron chi connectivity index (χ1n) is 10.1. The molecule has 0 N–H and O–H groups in total. The Labute approximate surface area is 182 Å². The second-order valence-electron chi connectivity index (χ2n) is 7.61. The van der Waals surface area contributed by atoms with Crippen LogP contribution in [-0.2, 0) is 19.3 Å². The fourth-order valence-corrected chi connectivity index (χ4v) is 3.63. The summed E-state index contributed by atoms with van der Waals surface area (Å²) in [7, 11) is 1.43. The average Bonchev–Trinajstić information content (AvgIpc) is 3.23. The van der Waals surface area contributed by atoms with Gasteiger partial charge in [-0.25, -0.2) is 4.39 Å². The van der Waals surface area contributed by atoms with Gasteiger partial charge in [-0.05, 0) is 29.8 Å². The molecule has 0 spiro atoms. The molecule has 1 aromatic heterocycles. The number of methoxy groups -OCH3 is 1. The van der Waals surface area contributed by atoms with E-state index in [0.717, 1.165) is 43.9 Å². The molecular weight excluding hydrogens is 428 g/mol. The third-order valence-corrected chi connectivity index (χ3v) is 5.36. The molecule has 170 valence electrons. The molecule has 0 bridgehead atoms. The van der Waals surface area contributed by atoms with Crippen molar-refractivity contribution in [2.45, 2.75) is 19.3 Å². The molecule has 1 saturated heterocycles. The number of ether oxygens (including phenoxy) is 1. The molecule has 4 rings (SSSR count).